The van der Waals surface area contributed by atoms with Crippen molar-refractivity contribution in [2.75, 3.05) is 7.11 Å². The third kappa shape index (κ3) is 3.18. The molecule has 0 N–H and O–H groups in total. The van der Waals surface area contributed by atoms with Gasteiger partial charge in [-0.2, -0.15) is 0 Å². The Morgan fingerprint density at radius 1 is 0.632 bits per heavy atom. The summed E-state index contributed by atoms with van der Waals surface area (Å²) in [4.78, 5) is 13.7. The van der Waals surface area contributed by atoms with Crippen LogP contribution in [0.15, 0.2) is 94.1 Å². The van der Waals surface area contributed by atoms with Crippen LogP contribution in [0.2, 0.25) is 0 Å². The highest BCUT2D eigenvalue weighted by Crippen LogP contribution is 2.51. The Morgan fingerprint density at radius 3 is 1.95 bits per heavy atom. The number of methoxy groups -OCH3 is 1. The van der Waals surface area contributed by atoms with Gasteiger partial charge >= 0.3 is 0 Å². The lowest BCUT2D eigenvalue weighted by molar-refractivity contribution is 0.415. The van der Waals surface area contributed by atoms with E-state index in [0.717, 1.165) is 71.5 Å². The molecule has 1 heterocycles. The van der Waals surface area contributed by atoms with E-state index in [1.165, 1.54) is 5.56 Å². The number of hydrogen-bond donors (Lipinski definition) is 0. The summed E-state index contributed by atoms with van der Waals surface area (Å²) in [6.45, 7) is 6.26. The lowest BCUT2D eigenvalue weighted by atomic mass is 9.93. The quantitative estimate of drug-likeness (QED) is 0.245. The van der Waals surface area contributed by atoms with Crippen LogP contribution in [-0.2, 0) is 0 Å². The van der Waals surface area contributed by atoms with E-state index in [9.17, 15) is 4.79 Å². The highest BCUT2D eigenvalue weighted by atomic mass is 16.5. The van der Waals surface area contributed by atoms with Crippen molar-refractivity contribution in [2.24, 2.45) is 0 Å². The first kappa shape index (κ1) is 22.6. The average Bonchev–Trinajstić information content (AvgIpc) is 3.39. The Labute approximate surface area is 220 Å². The van der Waals surface area contributed by atoms with Crippen LogP contribution in [-0.4, -0.2) is 7.11 Å². The molecule has 3 heteroatoms. The molecule has 0 radical (unpaired) electrons. The predicted octanol–water partition coefficient (Wildman–Crippen LogP) is 8.91. The Kier molecular flexibility index (Phi) is 4.86. The number of ether oxygens (including phenoxy) is 1. The maximum absolute atomic E-state index is 13.7. The molecule has 0 aliphatic carbocycles. The Balaban J connectivity index is 1.64. The number of furan rings is 1. The van der Waals surface area contributed by atoms with Crippen LogP contribution in [0.4, 0.5) is 0 Å². The SMILES string of the molecule is COc1ccc2ccccc2c1-c1oc2ccc3ccccc3c2c1-c1c(-c2c(C)cc(C)cc2C)c1=O. The van der Waals surface area contributed by atoms with Crippen molar-refractivity contribution < 1.29 is 9.15 Å². The molecule has 7 aromatic rings. The summed E-state index contributed by atoms with van der Waals surface area (Å²) in [5, 5.41) is 5.25. The fourth-order valence-electron chi connectivity index (χ4n) is 6.16. The normalized spacial score (nSPS) is 11.8. The Morgan fingerprint density at radius 2 is 1.24 bits per heavy atom. The molecule has 1 aromatic heterocycles. The van der Waals surface area contributed by atoms with Crippen LogP contribution in [0, 0.1) is 20.8 Å². The maximum Gasteiger partial charge on any atom is 0.195 e. The van der Waals surface area contributed by atoms with Crippen molar-refractivity contribution in [3.05, 3.63) is 112 Å². The second kappa shape index (κ2) is 8.19. The topological polar surface area (TPSA) is 39.4 Å². The van der Waals surface area contributed by atoms with Gasteiger partial charge in [0.1, 0.15) is 17.1 Å². The molecular weight excluding hydrogens is 468 g/mol. The van der Waals surface area contributed by atoms with Crippen molar-refractivity contribution in [2.45, 2.75) is 20.8 Å². The molecule has 7 rings (SSSR count). The Hall–Kier alpha value is -4.63. The molecule has 0 saturated heterocycles. The van der Waals surface area contributed by atoms with E-state index in [1.54, 1.807) is 7.11 Å². The molecule has 0 spiro atoms. The highest BCUT2D eigenvalue weighted by molar-refractivity contribution is 6.21. The maximum atomic E-state index is 13.7. The van der Waals surface area contributed by atoms with Gasteiger partial charge in [-0.1, -0.05) is 78.4 Å². The van der Waals surface area contributed by atoms with Gasteiger partial charge in [0.2, 0.25) is 0 Å². The predicted molar refractivity (Wildman–Crippen MR) is 157 cm³/mol. The van der Waals surface area contributed by atoms with E-state index in [-0.39, 0.29) is 5.43 Å². The van der Waals surface area contributed by atoms with E-state index in [1.807, 2.05) is 36.4 Å². The minimum atomic E-state index is 0.0798. The van der Waals surface area contributed by atoms with Gasteiger partial charge in [-0.15, -0.1) is 0 Å². The Bertz CT molecular complexity index is 2040. The molecule has 0 saturated carbocycles. The molecule has 0 fully saturated rings. The van der Waals surface area contributed by atoms with Crippen LogP contribution in [0.3, 0.4) is 0 Å². The average molecular weight is 495 g/mol. The number of benzene rings is 5. The van der Waals surface area contributed by atoms with Gasteiger partial charge in [0, 0.05) is 22.1 Å². The van der Waals surface area contributed by atoms with Crippen LogP contribution >= 0.6 is 0 Å². The van der Waals surface area contributed by atoms with Crippen molar-refractivity contribution in [3.63, 3.8) is 0 Å². The third-order valence-electron chi connectivity index (χ3n) is 7.74. The van der Waals surface area contributed by atoms with Crippen molar-refractivity contribution in [3.8, 4) is 39.3 Å². The van der Waals surface area contributed by atoms with Gasteiger partial charge in [-0.3, -0.25) is 4.79 Å². The van der Waals surface area contributed by atoms with E-state index in [4.69, 9.17) is 9.15 Å². The molecular formula is C35H26O3. The summed E-state index contributed by atoms with van der Waals surface area (Å²) in [5.74, 6) is 1.39. The van der Waals surface area contributed by atoms with E-state index in [0.29, 0.717) is 11.5 Å². The van der Waals surface area contributed by atoms with Crippen LogP contribution in [0.5, 0.6) is 5.75 Å². The molecule has 0 atom stereocenters. The summed E-state index contributed by atoms with van der Waals surface area (Å²) in [7, 11) is 1.68. The molecule has 6 aromatic carbocycles. The van der Waals surface area contributed by atoms with E-state index in [2.05, 4.69) is 69.3 Å². The standard InChI is InChI=1S/C35H26O3/c1-19-17-20(2)28(21(3)18-19)31-32(34(31)36)33-29-24-11-7-5-9-22(24)14-16-27(29)38-35(33)30-25-12-8-6-10-23(25)13-15-26(30)37-4/h5-18H,1-4H3. The van der Waals surface area contributed by atoms with Crippen LogP contribution in [0.1, 0.15) is 16.7 Å². The van der Waals surface area contributed by atoms with Gasteiger partial charge in [0.05, 0.1) is 12.7 Å². The summed E-state index contributed by atoms with van der Waals surface area (Å²) in [5.41, 5.74) is 8.53. The van der Waals surface area contributed by atoms with Crippen LogP contribution in [0.25, 0.3) is 66.1 Å². The van der Waals surface area contributed by atoms with Crippen molar-refractivity contribution in [1.29, 1.82) is 0 Å². The number of aryl methyl sites for hydroxylation is 3. The number of fused-ring (bicyclic) bond motifs is 4. The molecule has 184 valence electrons. The summed E-state index contributed by atoms with van der Waals surface area (Å²) < 4.78 is 12.6. The first-order valence-corrected chi connectivity index (χ1v) is 12.9. The summed E-state index contributed by atoms with van der Waals surface area (Å²) >= 11 is 0. The lowest BCUT2D eigenvalue weighted by Crippen LogP contribution is -1.90. The molecule has 0 bridgehead atoms. The first-order chi connectivity index (χ1) is 18.5. The minimum absolute atomic E-state index is 0.0798. The number of hydrogen-bond acceptors (Lipinski definition) is 3. The molecule has 0 aliphatic rings. The fourth-order valence-corrected chi connectivity index (χ4v) is 6.16. The third-order valence-corrected chi connectivity index (χ3v) is 7.74. The zero-order valence-corrected chi connectivity index (χ0v) is 21.8. The molecule has 0 unspecified atom stereocenters. The minimum Gasteiger partial charge on any atom is -0.496 e. The zero-order chi connectivity index (χ0) is 26.1. The van der Waals surface area contributed by atoms with E-state index < -0.39 is 0 Å². The van der Waals surface area contributed by atoms with Gasteiger partial charge in [-0.05, 0) is 71.1 Å². The first-order valence-electron chi connectivity index (χ1n) is 12.9. The molecule has 0 amide bonds. The van der Waals surface area contributed by atoms with Gasteiger partial charge in [0.15, 0.2) is 5.43 Å². The second-order valence-corrected chi connectivity index (χ2v) is 10.2. The largest absolute Gasteiger partial charge is 0.496 e. The molecule has 0 aliphatic heterocycles. The summed E-state index contributed by atoms with van der Waals surface area (Å²) in [6, 6.07) is 28.9. The lowest BCUT2D eigenvalue weighted by Gasteiger charge is -2.11. The number of rotatable bonds is 4. The van der Waals surface area contributed by atoms with Crippen molar-refractivity contribution in [1.82, 2.24) is 0 Å². The van der Waals surface area contributed by atoms with Gasteiger partial charge < -0.3 is 9.15 Å². The smallest absolute Gasteiger partial charge is 0.195 e. The summed E-state index contributed by atoms with van der Waals surface area (Å²) in [6.07, 6.45) is 0. The van der Waals surface area contributed by atoms with Gasteiger partial charge in [-0.25, -0.2) is 0 Å². The van der Waals surface area contributed by atoms with E-state index >= 15 is 0 Å². The molecule has 38 heavy (non-hydrogen) atoms. The van der Waals surface area contributed by atoms with Crippen molar-refractivity contribution >= 4 is 32.5 Å². The highest BCUT2D eigenvalue weighted by Gasteiger charge is 2.35. The monoisotopic (exact) mass is 494 g/mol. The second-order valence-electron chi connectivity index (χ2n) is 10.2. The van der Waals surface area contributed by atoms with Gasteiger partial charge in [0.25, 0.3) is 0 Å². The fraction of sp³-hybridized carbons (Fsp3) is 0.114. The molecule has 3 nitrogen and oxygen atoms in total. The zero-order valence-electron chi connectivity index (χ0n) is 21.8. The van der Waals surface area contributed by atoms with Crippen LogP contribution < -0.4 is 10.2 Å².